The number of benzene rings is 2. The van der Waals surface area contributed by atoms with Crippen LogP contribution >= 0.6 is 0 Å². The Kier molecular flexibility index (Phi) is 6.95. The SMILES string of the molecule is C=C(C)C(=O)Oc1ccc(OC(C)(C)C(=O)c2ccc(OC(=O)C(=C)C)cc2)cc1. The number of carbonyl (C=O) groups excluding carboxylic acids is 3. The highest BCUT2D eigenvalue weighted by Crippen LogP contribution is 2.25. The van der Waals surface area contributed by atoms with Gasteiger partial charge >= 0.3 is 11.9 Å². The van der Waals surface area contributed by atoms with Crippen molar-refractivity contribution < 1.29 is 28.6 Å². The van der Waals surface area contributed by atoms with Crippen molar-refractivity contribution in [2.45, 2.75) is 33.3 Å². The number of hydrogen-bond acceptors (Lipinski definition) is 6. The molecule has 30 heavy (non-hydrogen) atoms. The molecule has 0 aliphatic carbocycles. The fraction of sp³-hybridized carbons (Fsp3) is 0.208. The van der Waals surface area contributed by atoms with E-state index in [-0.39, 0.29) is 11.4 Å². The van der Waals surface area contributed by atoms with Gasteiger partial charge < -0.3 is 14.2 Å². The second-order valence-corrected chi connectivity index (χ2v) is 7.28. The van der Waals surface area contributed by atoms with Gasteiger partial charge in [0.15, 0.2) is 5.60 Å². The smallest absolute Gasteiger partial charge is 0.338 e. The second-order valence-electron chi connectivity index (χ2n) is 7.28. The molecule has 6 nitrogen and oxygen atoms in total. The molecule has 0 atom stereocenters. The van der Waals surface area contributed by atoms with Crippen LogP contribution in [-0.2, 0) is 9.59 Å². The van der Waals surface area contributed by atoms with E-state index in [1.165, 1.54) is 12.1 Å². The molecule has 2 rings (SSSR count). The van der Waals surface area contributed by atoms with Gasteiger partial charge in [-0.3, -0.25) is 4.79 Å². The molecule has 0 radical (unpaired) electrons. The van der Waals surface area contributed by atoms with E-state index in [1.807, 2.05) is 0 Å². The normalized spacial score (nSPS) is 10.7. The van der Waals surface area contributed by atoms with Gasteiger partial charge in [0.05, 0.1) is 0 Å². The molecule has 0 bridgehead atoms. The van der Waals surface area contributed by atoms with Crippen molar-refractivity contribution in [1.29, 1.82) is 0 Å². The van der Waals surface area contributed by atoms with E-state index in [0.29, 0.717) is 28.4 Å². The Bertz CT molecular complexity index is 981. The van der Waals surface area contributed by atoms with E-state index in [2.05, 4.69) is 13.2 Å². The molecule has 0 unspecified atom stereocenters. The van der Waals surface area contributed by atoms with Crippen LogP contribution in [0.25, 0.3) is 0 Å². The molecule has 0 saturated heterocycles. The molecule has 0 spiro atoms. The molecule has 2 aromatic rings. The number of ether oxygens (including phenoxy) is 3. The monoisotopic (exact) mass is 408 g/mol. The topological polar surface area (TPSA) is 78.9 Å². The minimum atomic E-state index is -1.16. The average Bonchev–Trinajstić information content (AvgIpc) is 2.69. The molecule has 6 heteroatoms. The average molecular weight is 408 g/mol. The van der Waals surface area contributed by atoms with Crippen LogP contribution in [0.2, 0.25) is 0 Å². The minimum absolute atomic E-state index is 0.252. The maximum absolute atomic E-state index is 12.9. The maximum Gasteiger partial charge on any atom is 0.338 e. The molecular weight excluding hydrogens is 384 g/mol. The molecule has 0 aliphatic rings. The Labute approximate surface area is 175 Å². The summed E-state index contributed by atoms with van der Waals surface area (Å²) < 4.78 is 16.1. The first-order valence-corrected chi connectivity index (χ1v) is 9.19. The summed E-state index contributed by atoms with van der Waals surface area (Å²) in [6.07, 6.45) is 0. The lowest BCUT2D eigenvalue weighted by Gasteiger charge is -2.25. The maximum atomic E-state index is 12.9. The van der Waals surface area contributed by atoms with Crippen molar-refractivity contribution in [2.75, 3.05) is 0 Å². The van der Waals surface area contributed by atoms with E-state index < -0.39 is 17.5 Å². The molecular formula is C24H24O6. The number of ketones is 1. The van der Waals surface area contributed by atoms with Gasteiger partial charge in [-0.05, 0) is 76.2 Å². The zero-order valence-electron chi connectivity index (χ0n) is 17.5. The highest BCUT2D eigenvalue weighted by atomic mass is 16.5. The Balaban J connectivity index is 2.06. The molecule has 156 valence electrons. The summed E-state index contributed by atoms with van der Waals surface area (Å²) in [4.78, 5) is 36.0. The summed E-state index contributed by atoms with van der Waals surface area (Å²) in [6, 6.07) is 12.6. The lowest BCUT2D eigenvalue weighted by Crippen LogP contribution is -2.38. The van der Waals surface area contributed by atoms with Crippen molar-refractivity contribution in [3.8, 4) is 17.2 Å². The van der Waals surface area contributed by atoms with E-state index in [9.17, 15) is 14.4 Å². The molecule has 0 amide bonds. The van der Waals surface area contributed by atoms with Crippen molar-refractivity contribution in [3.05, 3.63) is 78.4 Å². The zero-order valence-corrected chi connectivity index (χ0v) is 17.5. The predicted molar refractivity (Wildman–Crippen MR) is 113 cm³/mol. The Hall–Kier alpha value is -3.67. The molecule has 0 saturated carbocycles. The van der Waals surface area contributed by atoms with Crippen molar-refractivity contribution in [3.63, 3.8) is 0 Å². The Morgan fingerprint density at radius 2 is 1.07 bits per heavy atom. The van der Waals surface area contributed by atoms with Gasteiger partial charge in [-0.25, -0.2) is 9.59 Å². The molecule has 0 aromatic heterocycles. The lowest BCUT2D eigenvalue weighted by atomic mass is 9.96. The minimum Gasteiger partial charge on any atom is -0.480 e. The van der Waals surface area contributed by atoms with Crippen LogP contribution < -0.4 is 14.2 Å². The van der Waals surface area contributed by atoms with E-state index in [0.717, 1.165) is 0 Å². The molecule has 0 aliphatic heterocycles. The van der Waals surface area contributed by atoms with Gasteiger partial charge in [0.25, 0.3) is 0 Å². The highest BCUT2D eigenvalue weighted by molar-refractivity contribution is 6.02. The van der Waals surface area contributed by atoms with Gasteiger partial charge in [0, 0.05) is 16.7 Å². The van der Waals surface area contributed by atoms with Crippen LogP contribution in [0.5, 0.6) is 17.2 Å². The van der Waals surface area contributed by atoms with Crippen molar-refractivity contribution in [1.82, 2.24) is 0 Å². The van der Waals surface area contributed by atoms with Crippen LogP contribution in [0.3, 0.4) is 0 Å². The van der Waals surface area contributed by atoms with Gasteiger partial charge in [0.1, 0.15) is 17.2 Å². The van der Waals surface area contributed by atoms with Gasteiger partial charge in [-0.1, -0.05) is 13.2 Å². The third-order valence-corrected chi connectivity index (χ3v) is 3.98. The number of Topliss-reactive ketones (excluding diaryl/α,β-unsaturated/α-hetero) is 1. The Morgan fingerprint density at radius 1 is 0.700 bits per heavy atom. The number of carbonyl (C=O) groups is 3. The first kappa shape index (κ1) is 22.6. The third kappa shape index (κ3) is 5.91. The molecule has 2 aromatic carbocycles. The largest absolute Gasteiger partial charge is 0.480 e. The number of esters is 2. The molecule has 0 N–H and O–H groups in total. The number of hydrogen-bond donors (Lipinski definition) is 0. The molecule has 0 fully saturated rings. The summed E-state index contributed by atoms with van der Waals surface area (Å²) in [5, 5.41) is 0. The van der Waals surface area contributed by atoms with Gasteiger partial charge in [0.2, 0.25) is 5.78 Å². The van der Waals surface area contributed by atoms with E-state index >= 15 is 0 Å². The van der Waals surface area contributed by atoms with E-state index in [4.69, 9.17) is 14.2 Å². The van der Waals surface area contributed by atoms with Gasteiger partial charge in [-0.15, -0.1) is 0 Å². The second kappa shape index (κ2) is 9.22. The summed E-state index contributed by atoms with van der Waals surface area (Å²) >= 11 is 0. The van der Waals surface area contributed by atoms with Crippen LogP contribution in [-0.4, -0.2) is 23.3 Å². The summed E-state index contributed by atoms with van der Waals surface area (Å²) in [7, 11) is 0. The number of rotatable bonds is 8. The Morgan fingerprint density at radius 3 is 1.47 bits per heavy atom. The fourth-order valence-corrected chi connectivity index (χ4v) is 2.33. The zero-order chi connectivity index (χ0) is 22.5. The third-order valence-electron chi connectivity index (χ3n) is 3.98. The van der Waals surface area contributed by atoms with Crippen LogP contribution in [0.4, 0.5) is 0 Å². The summed E-state index contributed by atoms with van der Waals surface area (Å²) in [5.41, 5.74) is -0.180. The highest BCUT2D eigenvalue weighted by Gasteiger charge is 2.31. The van der Waals surface area contributed by atoms with Crippen molar-refractivity contribution >= 4 is 17.7 Å². The predicted octanol–water partition coefficient (Wildman–Crippen LogP) is 4.69. The lowest BCUT2D eigenvalue weighted by molar-refractivity contribution is -0.130. The van der Waals surface area contributed by atoms with Crippen molar-refractivity contribution in [2.24, 2.45) is 0 Å². The quantitative estimate of drug-likeness (QED) is 0.273. The van der Waals surface area contributed by atoms with Crippen LogP contribution in [0, 0.1) is 0 Å². The first-order valence-electron chi connectivity index (χ1n) is 9.19. The van der Waals surface area contributed by atoms with Crippen LogP contribution in [0.1, 0.15) is 38.1 Å². The van der Waals surface area contributed by atoms with Crippen LogP contribution in [0.15, 0.2) is 72.8 Å². The van der Waals surface area contributed by atoms with Gasteiger partial charge in [-0.2, -0.15) is 0 Å². The fourth-order valence-electron chi connectivity index (χ4n) is 2.33. The van der Waals surface area contributed by atoms with E-state index in [1.54, 1.807) is 64.1 Å². The first-order chi connectivity index (χ1) is 14.0. The molecule has 0 heterocycles. The summed E-state index contributed by atoms with van der Waals surface area (Å²) in [5.74, 6) is -0.197. The standard InChI is InChI=1S/C24H24O6/c1-15(2)22(26)28-18-9-7-17(8-10-18)21(25)24(5,6)30-20-13-11-19(12-14-20)29-23(27)16(3)4/h7-14H,1,3H2,2,4-6H3. The summed E-state index contributed by atoms with van der Waals surface area (Å²) in [6.45, 7) is 13.5.